The van der Waals surface area contributed by atoms with E-state index in [1.54, 1.807) is 4.31 Å². The third-order valence-electron chi connectivity index (χ3n) is 4.79. The fourth-order valence-corrected chi connectivity index (χ4v) is 4.50. The molecule has 0 aromatic carbocycles. The van der Waals surface area contributed by atoms with E-state index in [4.69, 9.17) is 5.73 Å². The van der Waals surface area contributed by atoms with Gasteiger partial charge in [0.1, 0.15) is 0 Å². The average molecular weight is 340 g/mol. The van der Waals surface area contributed by atoms with Gasteiger partial charge in [-0.15, -0.1) is 12.4 Å². The Morgan fingerprint density at radius 2 is 1.67 bits per heavy atom. The molecule has 0 unspecified atom stereocenters. The quantitative estimate of drug-likeness (QED) is 0.769. The fourth-order valence-electron chi connectivity index (χ4n) is 3.16. The molecule has 1 saturated heterocycles. The van der Waals surface area contributed by atoms with Gasteiger partial charge in [0.25, 0.3) is 10.2 Å². The summed E-state index contributed by atoms with van der Waals surface area (Å²) in [6.07, 6.45) is 8.41. The van der Waals surface area contributed by atoms with Crippen molar-refractivity contribution in [2.75, 3.05) is 19.6 Å². The van der Waals surface area contributed by atoms with Crippen LogP contribution in [0.4, 0.5) is 0 Å². The lowest BCUT2D eigenvalue weighted by Crippen LogP contribution is -2.53. The van der Waals surface area contributed by atoms with E-state index >= 15 is 0 Å². The van der Waals surface area contributed by atoms with Crippen molar-refractivity contribution in [1.29, 1.82) is 0 Å². The predicted molar refractivity (Wildman–Crippen MR) is 88.8 cm³/mol. The van der Waals surface area contributed by atoms with Crippen molar-refractivity contribution in [3.63, 3.8) is 0 Å². The molecule has 7 heteroatoms. The van der Waals surface area contributed by atoms with E-state index in [-0.39, 0.29) is 17.9 Å². The van der Waals surface area contributed by atoms with Gasteiger partial charge in [0.15, 0.2) is 0 Å². The van der Waals surface area contributed by atoms with Crippen LogP contribution >= 0.6 is 12.4 Å². The molecule has 1 heterocycles. The highest BCUT2D eigenvalue weighted by atomic mass is 35.5. The van der Waals surface area contributed by atoms with Gasteiger partial charge in [-0.05, 0) is 31.6 Å². The van der Waals surface area contributed by atoms with Gasteiger partial charge in [0, 0.05) is 25.2 Å². The minimum Gasteiger partial charge on any atom is -0.324 e. The lowest BCUT2D eigenvalue weighted by atomic mass is 9.92. The first-order chi connectivity index (χ1) is 9.41. The van der Waals surface area contributed by atoms with Crippen LogP contribution < -0.4 is 10.5 Å². The van der Waals surface area contributed by atoms with Crippen LogP contribution in [0.2, 0.25) is 0 Å². The largest absolute Gasteiger partial charge is 0.324 e. The monoisotopic (exact) mass is 339 g/mol. The Kier molecular flexibility index (Phi) is 7.40. The Morgan fingerprint density at radius 3 is 2.19 bits per heavy atom. The van der Waals surface area contributed by atoms with E-state index in [0.717, 1.165) is 38.5 Å². The summed E-state index contributed by atoms with van der Waals surface area (Å²) >= 11 is 0. The van der Waals surface area contributed by atoms with Crippen LogP contribution in [0.3, 0.4) is 0 Å². The lowest BCUT2D eigenvalue weighted by Gasteiger charge is -2.32. The number of halogens is 1. The molecule has 126 valence electrons. The summed E-state index contributed by atoms with van der Waals surface area (Å²) in [6.45, 7) is 3.82. The zero-order chi connectivity index (χ0) is 14.6. The number of rotatable bonds is 4. The number of hydrogen-bond acceptors (Lipinski definition) is 3. The number of hydrogen-bond donors (Lipinski definition) is 2. The van der Waals surface area contributed by atoms with E-state index in [9.17, 15) is 8.42 Å². The maximum Gasteiger partial charge on any atom is 0.279 e. The Balaban J connectivity index is 0.00000220. The Hall–Kier alpha value is 0.120. The molecule has 2 fully saturated rings. The van der Waals surface area contributed by atoms with Gasteiger partial charge in [0.05, 0.1) is 0 Å². The van der Waals surface area contributed by atoms with Crippen molar-refractivity contribution >= 4 is 22.6 Å². The molecule has 0 spiro atoms. The number of piperidine rings is 1. The molecule has 1 saturated carbocycles. The molecule has 2 rings (SSSR count). The van der Waals surface area contributed by atoms with Gasteiger partial charge in [-0.25, -0.2) is 4.72 Å². The third kappa shape index (κ3) is 5.67. The minimum absolute atomic E-state index is 0. The molecule has 0 radical (unpaired) electrons. The maximum atomic E-state index is 12.3. The van der Waals surface area contributed by atoms with E-state index in [2.05, 4.69) is 11.6 Å². The topological polar surface area (TPSA) is 75.4 Å². The summed E-state index contributed by atoms with van der Waals surface area (Å²) in [5.74, 6) is 0.629. The van der Waals surface area contributed by atoms with E-state index < -0.39 is 10.2 Å². The Bertz CT molecular complexity index is 400. The standard InChI is InChI=1S/C14H29N3O2S.ClH/c1-13-6-10-17(11-7-13)20(18,19)16-12-14(15)8-4-2-3-5-9-14;/h13,16H,2-12,15H2,1H3;1H. The average Bonchev–Trinajstić information content (AvgIpc) is 2.63. The second-order valence-electron chi connectivity index (χ2n) is 6.68. The molecule has 5 nitrogen and oxygen atoms in total. The summed E-state index contributed by atoms with van der Waals surface area (Å²) in [4.78, 5) is 0. The number of nitrogens with two attached hydrogens (primary N) is 1. The molecule has 3 N–H and O–H groups in total. The highest BCUT2D eigenvalue weighted by Gasteiger charge is 2.31. The van der Waals surface area contributed by atoms with Crippen LogP contribution in [-0.2, 0) is 10.2 Å². The number of nitrogens with zero attached hydrogens (tertiary/aromatic N) is 1. The lowest BCUT2D eigenvalue weighted by molar-refractivity contribution is 0.281. The summed E-state index contributed by atoms with van der Waals surface area (Å²) < 4.78 is 29.0. The van der Waals surface area contributed by atoms with Gasteiger partial charge in [0.2, 0.25) is 0 Å². The molecule has 0 aromatic heterocycles. The Labute approximate surface area is 135 Å². The van der Waals surface area contributed by atoms with Crippen LogP contribution in [0.25, 0.3) is 0 Å². The van der Waals surface area contributed by atoms with Crippen molar-refractivity contribution in [1.82, 2.24) is 9.03 Å². The van der Waals surface area contributed by atoms with Gasteiger partial charge < -0.3 is 5.73 Å². The Morgan fingerprint density at radius 1 is 1.14 bits per heavy atom. The molecule has 1 aliphatic heterocycles. The van der Waals surface area contributed by atoms with Crippen molar-refractivity contribution in [2.24, 2.45) is 11.7 Å². The van der Waals surface area contributed by atoms with Gasteiger partial charge in [-0.1, -0.05) is 32.6 Å². The molecule has 0 bridgehead atoms. The van der Waals surface area contributed by atoms with Crippen LogP contribution in [0.5, 0.6) is 0 Å². The van der Waals surface area contributed by atoms with Crippen molar-refractivity contribution < 1.29 is 8.42 Å². The van der Waals surface area contributed by atoms with Crippen LogP contribution in [-0.4, -0.2) is 37.9 Å². The zero-order valence-corrected chi connectivity index (χ0v) is 14.6. The third-order valence-corrected chi connectivity index (χ3v) is 6.34. The summed E-state index contributed by atoms with van der Waals surface area (Å²) in [5.41, 5.74) is 6.02. The van der Waals surface area contributed by atoms with Gasteiger partial charge in [-0.2, -0.15) is 12.7 Å². The molecular formula is C14H30ClN3O2S. The second-order valence-corrected chi connectivity index (χ2v) is 8.44. The van der Waals surface area contributed by atoms with Gasteiger partial charge >= 0.3 is 0 Å². The SMILES string of the molecule is CC1CCN(S(=O)(=O)NCC2(N)CCCCCC2)CC1.Cl. The molecule has 0 atom stereocenters. The smallest absolute Gasteiger partial charge is 0.279 e. The van der Waals surface area contributed by atoms with Crippen LogP contribution in [0.15, 0.2) is 0 Å². The van der Waals surface area contributed by atoms with Gasteiger partial charge in [-0.3, -0.25) is 0 Å². The molecule has 2 aliphatic rings. The van der Waals surface area contributed by atoms with Crippen molar-refractivity contribution in [3.05, 3.63) is 0 Å². The summed E-state index contributed by atoms with van der Waals surface area (Å²) in [5, 5.41) is 0. The first kappa shape index (κ1) is 19.2. The van der Waals surface area contributed by atoms with E-state index in [0.29, 0.717) is 25.6 Å². The first-order valence-corrected chi connectivity index (χ1v) is 9.39. The molecule has 0 aromatic rings. The molecular weight excluding hydrogens is 310 g/mol. The summed E-state index contributed by atoms with van der Waals surface area (Å²) in [6, 6.07) is 0. The first-order valence-electron chi connectivity index (χ1n) is 7.95. The highest BCUT2D eigenvalue weighted by Crippen LogP contribution is 2.25. The second kappa shape index (κ2) is 8.11. The van der Waals surface area contributed by atoms with Crippen molar-refractivity contribution in [2.45, 2.75) is 63.8 Å². The van der Waals surface area contributed by atoms with Crippen LogP contribution in [0, 0.1) is 5.92 Å². The van der Waals surface area contributed by atoms with Crippen LogP contribution in [0.1, 0.15) is 58.3 Å². The van der Waals surface area contributed by atoms with E-state index in [1.165, 1.54) is 12.8 Å². The summed E-state index contributed by atoms with van der Waals surface area (Å²) in [7, 11) is -3.35. The predicted octanol–water partition coefficient (Wildman–Crippen LogP) is 2.03. The fraction of sp³-hybridized carbons (Fsp3) is 1.00. The molecule has 1 aliphatic carbocycles. The molecule has 21 heavy (non-hydrogen) atoms. The maximum absolute atomic E-state index is 12.3. The highest BCUT2D eigenvalue weighted by molar-refractivity contribution is 7.87. The normalized spacial score (nSPS) is 25.0. The number of nitrogens with one attached hydrogen (secondary N) is 1. The van der Waals surface area contributed by atoms with Crippen molar-refractivity contribution in [3.8, 4) is 0 Å². The zero-order valence-electron chi connectivity index (χ0n) is 13.0. The molecule has 0 amide bonds. The van der Waals surface area contributed by atoms with E-state index in [1.807, 2.05) is 0 Å². The minimum atomic E-state index is -3.35.